The van der Waals surface area contributed by atoms with Crippen LogP contribution in [0.3, 0.4) is 0 Å². The lowest BCUT2D eigenvalue weighted by atomic mass is 10.2. The van der Waals surface area contributed by atoms with E-state index < -0.39 is 5.97 Å². The fraction of sp³-hybridized carbons (Fsp3) is 0.211. The van der Waals surface area contributed by atoms with Gasteiger partial charge in [-0.1, -0.05) is 6.07 Å². The molecule has 0 fully saturated rings. The van der Waals surface area contributed by atoms with E-state index in [1.807, 2.05) is 13.0 Å². The van der Waals surface area contributed by atoms with E-state index in [0.29, 0.717) is 41.6 Å². The Morgan fingerprint density at radius 3 is 2.81 bits per heavy atom. The Morgan fingerprint density at radius 2 is 1.96 bits per heavy atom. The third-order valence-corrected chi connectivity index (χ3v) is 3.99. The summed E-state index contributed by atoms with van der Waals surface area (Å²) in [5.41, 5.74) is 1.99. The van der Waals surface area contributed by atoms with Gasteiger partial charge < -0.3 is 14.2 Å². The SMILES string of the molecule is Cc1ccc2nc(COC(=O)c3ccc4c(c3)OCCO4)cc(=O)n2c1. The van der Waals surface area contributed by atoms with E-state index in [1.165, 1.54) is 10.5 Å². The molecule has 26 heavy (non-hydrogen) atoms. The Morgan fingerprint density at radius 1 is 1.15 bits per heavy atom. The summed E-state index contributed by atoms with van der Waals surface area (Å²) < 4.78 is 17.6. The fourth-order valence-corrected chi connectivity index (χ4v) is 2.73. The Bertz CT molecular complexity index is 1060. The number of hydrogen-bond donors (Lipinski definition) is 0. The minimum absolute atomic E-state index is 0.0904. The molecule has 0 aliphatic carbocycles. The second-order valence-electron chi connectivity index (χ2n) is 5.95. The van der Waals surface area contributed by atoms with Gasteiger partial charge in [0.1, 0.15) is 25.5 Å². The van der Waals surface area contributed by atoms with Crippen LogP contribution < -0.4 is 15.0 Å². The molecule has 7 nitrogen and oxygen atoms in total. The third kappa shape index (κ3) is 3.11. The number of pyridine rings is 1. The van der Waals surface area contributed by atoms with E-state index in [0.717, 1.165) is 5.56 Å². The summed E-state index contributed by atoms with van der Waals surface area (Å²) in [6, 6.07) is 9.86. The second kappa shape index (κ2) is 6.51. The summed E-state index contributed by atoms with van der Waals surface area (Å²) in [6.07, 6.45) is 1.72. The Hall–Kier alpha value is -3.35. The monoisotopic (exact) mass is 352 g/mol. The average Bonchev–Trinajstić information content (AvgIpc) is 2.66. The van der Waals surface area contributed by atoms with Crippen molar-refractivity contribution in [2.24, 2.45) is 0 Å². The predicted molar refractivity (Wildman–Crippen MR) is 92.8 cm³/mol. The molecule has 0 unspecified atom stereocenters. The van der Waals surface area contributed by atoms with E-state index >= 15 is 0 Å². The molecule has 3 heterocycles. The molecule has 0 atom stereocenters. The van der Waals surface area contributed by atoms with Crippen LogP contribution in [0.4, 0.5) is 0 Å². The predicted octanol–water partition coefficient (Wildman–Crippen LogP) is 2.13. The molecule has 7 heteroatoms. The van der Waals surface area contributed by atoms with Gasteiger partial charge in [-0.2, -0.15) is 0 Å². The Balaban J connectivity index is 1.52. The van der Waals surface area contributed by atoms with Crippen molar-refractivity contribution in [2.45, 2.75) is 13.5 Å². The van der Waals surface area contributed by atoms with Gasteiger partial charge in [-0.25, -0.2) is 9.78 Å². The van der Waals surface area contributed by atoms with Crippen LogP contribution in [0.25, 0.3) is 5.65 Å². The van der Waals surface area contributed by atoms with Gasteiger partial charge in [-0.15, -0.1) is 0 Å². The summed E-state index contributed by atoms with van der Waals surface area (Å²) in [6.45, 7) is 2.73. The normalized spacial score (nSPS) is 12.8. The smallest absolute Gasteiger partial charge is 0.338 e. The van der Waals surface area contributed by atoms with Gasteiger partial charge in [0.25, 0.3) is 5.56 Å². The van der Waals surface area contributed by atoms with Gasteiger partial charge in [-0.3, -0.25) is 9.20 Å². The molecule has 0 N–H and O–H groups in total. The fourth-order valence-electron chi connectivity index (χ4n) is 2.73. The van der Waals surface area contributed by atoms with Crippen molar-refractivity contribution in [3.8, 4) is 11.5 Å². The number of hydrogen-bond acceptors (Lipinski definition) is 6. The number of aromatic nitrogens is 2. The van der Waals surface area contributed by atoms with E-state index in [-0.39, 0.29) is 12.2 Å². The number of carbonyl (C=O) groups is 1. The zero-order chi connectivity index (χ0) is 18.1. The molecule has 1 aliphatic rings. The lowest BCUT2D eigenvalue weighted by molar-refractivity contribution is 0.0466. The van der Waals surface area contributed by atoms with Crippen molar-refractivity contribution in [1.29, 1.82) is 0 Å². The third-order valence-electron chi connectivity index (χ3n) is 3.99. The van der Waals surface area contributed by atoms with Crippen molar-refractivity contribution in [3.63, 3.8) is 0 Å². The molecule has 3 aromatic rings. The number of fused-ring (bicyclic) bond motifs is 2. The molecule has 1 aromatic carbocycles. The number of nitrogens with zero attached hydrogens (tertiary/aromatic N) is 2. The molecule has 2 aromatic heterocycles. The highest BCUT2D eigenvalue weighted by atomic mass is 16.6. The van der Waals surface area contributed by atoms with Crippen LogP contribution in [0, 0.1) is 6.92 Å². The number of rotatable bonds is 3. The summed E-state index contributed by atoms with van der Waals surface area (Å²) >= 11 is 0. The van der Waals surface area contributed by atoms with Gasteiger partial charge in [-0.05, 0) is 36.8 Å². The van der Waals surface area contributed by atoms with Crippen LogP contribution in [0.1, 0.15) is 21.6 Å². The number of carbonyl (C=O) groups excluding carboxylic acids is 1. The van der Waals surface area contributed by atoms with E-state index in [2.05, 4.69) is 4.98 Å². The van der Waals surface area contributed by atoms with Crippen LogP contribution in [-0.2, 0) is 11.3 Å². The number of benzene rings is 1. The molecule has 0 bridgehead atoms. The maximum absolute atomic E-state index is 12.3. The van der Waals surface area contributed by atoms with Crippen molar-refractivity contribution in [3.05, 3.63) is 69.8 Å². The first-order chi connectivity index (χ1) is 12.6. The minimum Gasteiger partial charge on any atom is -0.486 e. The first-order valence-electron chi connectivity index (χ1n) is 8.16. The van der Waals surface area contributed by atoms with Crippen molar-refractivity contribution in [2.75, 3.05) is 13.2 Å². The van der Waals surface area contributed by atoms with Crippen LogP contribution in [-0.4, -0.2) is 28.6 Å². The zero-order valence-corrected chi connectivity index (χ0v) is 14.1. The summed E-state index contributed by atoms with van der Waals surface area (Å²) in [7, 11) is 0. The van der Waals surface area contributed by atoms with Gasteiger partial charge in [0, 0.05) is 12.3 Å². The standard InChI is InChI=1S/C19H16N2O5/c1-12-2-5-17-20-14(9-18(22)21(17)10-12)11-26-19(23)13-3-4-15-16(8-13)25-7-6-24-15/h2-5,8-10H,6-7,11H2,1H3. The first kappa shape index (κ1) is 16.1. The van der Waals surface area contributed by atoms with Crippen molar-refractivity contribution in [1.82, 2.24) is 9.38 Å². The number of ether oxygens (including phenoxy) is 3. The number of aryl methyl sites for hydroxylation is 1. The minimum atomic E-state index is -0.520. The second-order valence-corrected chi connectivity index (χ2v) is 5.95. The number of esters is 1. The first-order valence-corrected chi connectivity index (χ1v) is 8.16. The quantitative estimate of drug-likeness (QED) is 0.672. The molecule has 0 radical (unpaired) electrons. The summed E-state index contributed by atoms with van der Waals surface area (Å²) in [5.74, 6) is 0.600. The molecule has 0 saturated heterocycles. The zero-order valence-electron chi connectivity index (χ0n) is 14.1. The summed E-state index contributed by atoms with van der Waals surface area (Å²) in [5, 5.41) is 0. The molecule has 0 saturated carbocycles. The van der Waals surface area contributed by atoms with Crippen molar-refractivity contribution >= 4 is 11.6 Å². The highest BCUT2D eigenvalue weighted by molar-refractivity contribution is 5.90. The van der Waals surface area contributed by atoms with E-state index in [4.69, 9.17) is 14.2 Å². The highest BCUT2D eigenvalue weighted by Crippen LogP contribution is 2.30. The average molecular weight is 352 g/mol. The van der Waals surface area contributed by atoms with Crippen molar-refractivity contribution < 1.29 is 19.0 Å². The summed E-state index contributed by atoms with van der Waals surface area (Å²) in [4.78, 5) is 28.8. The maximum Gasteiger partial charge on any atom is 0.338 e. The molecule has 4 rings (SSSR count). The van der Waals surface area contributed by atoms with Gasteiger partial charge in [0.15, 0.2) is 11.5 Å². The van der Waals surface area contributed by atoms with Crippen LogP contribution >= 0.6 is 0 Å². The molecule has 0 amide bonds. The largest absolute Gasteiger partial charge is 0.486 e. The Labute approximate surface area is 148 Å². The van der Waals surface area contributed by atoms with Gasteiger partial charge in [0.2, 0.25) is 0 Å². The van der Waals surface area contributed by atoms with E-state index in [1.54, 1.807) is 30.5 Å². The molecular weight excluding hydrogens is 336 g/mol. The highest BCUT2D eigenvalue weighted by Gasteiger charge is 2.16. The van der Waals surface area contributed by atoms with E-state index in [9.17, 15) is 9.59 Å². The van der Waals surface area contributed by atoms with Gasteiger partial charge in [0.05, 0.1) is 11.3 Å². The van der Waals surface area contributed by atoms with Crippen LogP contribution in [0.15, 0.2) is 47.4 Å². The maximum atomic E-state index is 12.3. The molecule has 0 spiro atoms. The lowest BCUT2D eigenvalue weighted by Gasteiger charge is -2.18. The van der Waals surface area contributed by atoms with Gasteiger partial charge >= 0.3 is 5.97 Å². The topological polar surface area (TPSA) is 79.1 Å². The van der Waals surface area contributed by atoms with Crippen LogP contribution in [0.5, 0.6) is 11.5 Å². The Kier molecular flexibility index (Phi) is 4.04. The molecule has 132 valence electrons. The lowest BCUT2D eigenvalue weighted by Crippen LogP contribution is -2.17. The van der Waals surface area contributed by atoms with Crippen LogP contribution in [0.2, 0.25) is 0 Å². The molecule has 1 aliphatic heterocycles. The molecular formula is C19H16N2O5.